The lowest BCUT2D eigenvalue weighted by atomic mass is 10.1. The highest BCUT2D eigenvalue weighted by Crippen LogP contribution is 2.39. The van der Waals surface area contributed by atoms with Crippen molar-refractivity contribution < 1.29 is 24.5 Å². The van der Waals surface area contributed by atoms with Gasteiger partial charge in [0.1, 0.15) is 5.75 Å². The van der Waals surface area contributed by atoms with Gasteiger partial charge in [-0.2, -0.15) is 0 Å². The van der Waals surface area contributed by atoms with E-state index in [0.717, 1.165) is 18.7 Å². The molecule has 1 saturated carbocycles. The van der Waals surface area contributed by atoms with Gasteiger partial charge in [0.05, 0.1) is 11.8 Å². The Morgan fingerprint density at radius 1 is 1.10 bits per heavy atom. The zero-order valence-corrected chi connectivity index (χ0v) is 16.2. The van der Waals surface area contributed by atoms with Gasteiger partial charge < -0.3 is 25.3 Å². The van der Waals surface area contributed by atoms with Crippen molar-refractivity contribution in [1.82, 2.24) is 4.57 Å². The van der Waals surface area contributed by atoms with Crippen molar-refractivity contribution in [3.63, 3.8) is 0 Å². The molecule has 7 nitrogen and oxygen atoms in total. The molecule has 1 aromatic heterocycles. The third-order valence-corrected chi connectivity index (χ3v) is 5.11. The number of aromatic nitrogens is 1. The second-order valence-electron chi connectivity index (χ2n) is 7.20. The molecular formula is C22H26N2O5. The molecule has 0 amide bonds. The van der Waals surface area contributed by atoms with E-state index in [9.17, 15) is 9.59 Å². The summed E-state index contributed by atoms with van der Waals surface area (Å²) in [4.78, 5) is 19.1. The molecule has 0 atom stereocenters. The molecule has 0 unspecified atom stereocenters. The molecule has 1 heterocycles. The number of carbonyl (C=O) groups is 2. The van der Waals surface area contributed by atoms with Gasteiger partial charge in [0.15, 0.2) is 0 Å². The van der Waals surface area contributed by atoms with Gasteiger partial charge in [0, 0.05) is 43.4 Å². The topological polar surface area (TPSA) is 115 Å². The highest BCUT2D eigenvalue weighted by atomic mass is 16.5. The second-order valence-corrected chi connectivity index (χ2v) is 7.20. The number of nitrogens with zero attached hydrogens (tertiary/aromatic N) is 1. The summed E-state index contributed by atoms with van der Waals surface area (Å²) in [7, 11) is 0. The standard InChI is InChI=1S/C18H22N2O.C4H4O4/c19-8-10-20-9-7-14-11-13-5-6-16(12-17(13)18(14)20)21-15-3-1-2-4-15;5-3(6)1-2-4(7)8/h5-7,9,12,15H,1-4,8,10-11,19H2;1-2H,(H,5,6)(H,7,8)/b;2-1+. The number of carboxylic acids is 2. The first-order valence-electron chi connectivity index (χ1n) is 9.80. The number of hydrogen-bond donors (Lipinski definition) is 3. The fraction of sp³-hybridized carbons (Fsp3) is 0.364. The van der Waals surface area contributed by atoms with E-state index >= 15 is 0 Å². The van der Waals surface area contributed by atoms with Gasteiger partial charge in [-0.3, -0.25) is 0 Å². The molecule has 2 aliphatic rings. The smallest absolute Gasteiger partial charge is 0.328 e. The number of nitrogens with two attached hydrogens (primary N) is 1. The lowest BCUT2D eigenvalue weighted by Gasteiger charge is -2.15. The summed E-state index contributed by atoms with van der Waals surface area (Å²) in [6.07, 6.45) is 9.73. The largest absolute Gasteiger partial charge is 0.490 e. The van der Waals surface area contributed by atoms with Crippen molar-refractivity contribution in [2.45, 2.75) is 44.8 Å². The molecule has 0 saturated heterocycles. The number of benzene rings is 1. The summed E-state index contributed by atoms with van der Waals surface area (Å²) in [5, 5.41) is 15.6. The quantitative estimate of drug-likeness (QED) is 0.550. The zero-order valence-electron chi connectivity index (χ0n) is 16.2. The molecule has 4 rings (SSSR count). The number of ether oxygens (including phenoxy) is 1. The van der Waals surface area contributed by atoms with Gasteiger partial charge in [-0.1, -0.05) is 6.07 Å². The lowest BCUT2D eigenvalue weighted by Crippen LogP contribution is -2.11. The summed E-state index contributed by atoms with van der Waals surface area (Å²) < 4.78 is 8.44. The molecule has 29 heavy (non-hydrogen) atoms. The van der Waals surface area contributed by atoms with Gasteiger partial charge in [-0.25, -0.2) is 9.59 Å². The van der Waals surface area contributed by atoms with Crippen molar-refractivity contribution in [2.75, 3.05) is 6.54 Å². The first-order valence-corrected chi connectivity index (χ1v) is 9.80. The maximum Gasteiger partial charge on any atom is 0.328 e. The minimum atomic E-state index is -1.26. The van der Waals surface area contributed by atoms with E-state index < -0.39 is 11.9 Å². The summed E-state index contributed by atoms with van der Waals surface area (Å²) in [6, 6.07) is 8.82. The Morgan fingerprint density at radius 3 is 2.41 bits per heavy atom. The van der Waals surface area contributed by atoms with Crippen LogP contribution in [0.3, 0.4) is 0 Å². The van der Waals surface area contributed by atoms with Gasteiger partial charge in [0.2, 0.25) is 0 Å². The van der Waals surface area contributed by atoms with Crippen LogP contribution in [-0.4, -0.2) is 39.4 Å². The van der Waals surface area contributed by atoms with Gasteiger partial charge in [0.25, 0.3) is 0 Å². The maximum absolute atomic E-state index is 9.55. The van der Waals surface area contributed by atoms with E-state index in [1.807, 2.05) is 0 Å². The van der Waals surface area contributed by atoms with E-state index in [1.165, 1.54) is 48.1 Å². The van der Waals surface area contributed by atoms with Gasteiger partial charge >= 0.3 is 11.9 Å². The van der Waals surface area contributed by atoms with Gasteiger partial charge in [-0.15, -0.1) is 0 Å². The predicted molar refractivity (Wildman–Crippen MR) is 109 cm³/mol. The van der Waals surface area contributed by atoms with E-state index in [2.05, 4.69) is 35.0 Å². The van der Waals surface area contributed by atoms with Crippen molar-refractivity contribution in [1.29, 1.82) is 0 Å². The molecule has 7 heteroatoms. The maximum atomic E-state index is 9.55. The molecular weight excluding hydrogens is 372 g/mol. The molecule has 1 fully saturated rings. The average molecular weight is 398 g/mol. The van der Waals surface area contributed by atoms with Crippen LogP contribution in [0.1, 0.15) is 36.8 Å². The van der Waals surface area contributed by atoms with Crippen LogP contribution in [0.25, 0.3) is 11.3 Å². The first kappa shape index (κ1) is 20.7. The molecule has 0 aliphatic heterocycles. The normalized spacial score (nSPS) is 14.9. The number of carboxylic acid groups (broad SMARTS) is 2. The van der Waals surface area contributed by atoms with Crippen LogP contribution in [0.5, 0.6) is 5.75 Å². The number of hydrogen-bond acceptors (Lipinski definition) is 4. The van der Waals surface area contributed by atoms with Crippen molar-refractivity contribution in [3.05, 3.63) is 53.7 Å². The van der Waals surface area contributed by atoms with Crippen LogP contribution in [0, 0.1) is 0 Å². The Balaban J connectivity index is 0.000000258. The monoisotopic (exact) mass is 398 g/mol. The molecule has 0 radical (unpaired) electrons. The molecule has 4 N–H and O–H groups in total. The Bertz CT molecular complexity index is 894. The van der Waals surface area contributed by atoms with Crippen LogP contribution in [0.15, 0.2) is 42.6 Å². The van der Waals surface area contributed by atoms with Gasteiger partial charge in [-0.05, 0) is 55.0 Å². The van der Waals surface area contributed by atoms with E-state index in [4.69, 9.17) is 20.7 Å². The minimum absolute atomic E-state index is 0.416. The summed E-state index contributed by atoms with van der Waals surface area (Å²) in [5.41, 5.74) is 11.2. The Hall–Kier alpha value is -3.06. The lowest BCUT2D eigenvalue weighted by molar-refractivity contribution is -0.134. The molecule has 2 aliphatic carbocycles. The third kappa shape index (κ3) is 5.26. The average Bonchev–Trinajstić information content (AvgIpc) is 3.39. The number of rotatable bonds is 6. The number of fused-ring (bicyclic) bond motifs is 3. The van der Waals surface area contributed by atoms with E-state index in [1.54, 1.807) is 0 Å². The summed E-state index contributed by atoms with van der Waals surface area (Å²) >= 11 is 0. The molecule has 0 bridgehead atoms. The predicted octanol–water partition coefficient (Wildman–Crippen LogP) is 3.05. The van der Waals surface area contributed by atoms with E-state index in [0.29, 0.717) is 24.8 Å². The van der Waals surface area contributed by atoms with Crippen LogP contribution in [0.2, 0.25) is 0 Å². The molecule has 2 aromatic rings. The van der Waals surface area contributed by atoms with Crippen molar-refractivity contribution >= 4 is 11.9 Å². The number of aliphatic carboxylic acids is 2. The van der Waals surface area contributed by atoms with E-state index in [-0.39, 0.29) is 0 Å². The second kappa shape index (κ2) is 9.43. The van der Waals surface area contributed by atoms with Crippen molar-refractivity contribution in [2.24, 2.45) is 5.73 Å². The minimum Gasteiger partial charge on any atom is -0.490 e. The Labute approximate surface area is 169 Å². The molecule has 154 valence electrons. The Morgan fingerprint density at radius 2 is 1.79 bits per heavy atom. The van der Waals surface area contributed by atoms with Crippen molar-refractivity contribution in [3.8, 4) is 17.0 Å². The van der Waals surface area contributed by atoms with Crippen LogP contribution in [-0.2, 0) is 22.6 Å². The highest BCUT2D eigenvalue weighted by molar-refractivity contribution is 5.89. The molecule has 0 spiro atoms. The first-order chi connectivity index (χ1) is 14.0. The summed E-state index contributed by atoms with van der Waals surface area (Å²) in [5.74, 6) is -1.49. The molecule has 1 aromatic carbocycles. The van der Waals surface area contributed by atoms with Crippen LogP contribution < -0.4 is 10.5 Å². The van der Waals surface area contributed by atoms with Crippen LogP contribution in [0.4, 0.5) is 0 Å². The van der Waals surface area contributed by atoms with Crippen LogP contribution >= 0.6 is 0 Å². The Kier molecular flexibility index (Phi) is 6.72. The SMILES string of the molecule is NCCn1ccc2c1-c1cc(OC3CCCC3)ccc1C2.O=C(O)/C=C/C(=O)O. The third-order valence-electron chi connectivity index (χ3n) is 5.11. The fourth-order valence-corrected chi connectivity index (χ4v) is 3.86. The summed E-state index contributed by atoms with van der Waals surface area (Å²) in [6.45, 7) is 1.55. The zero-order chi connectivity index (χ0) is 20.8. The fourth-order valence-electron chi connectivity index (χ4n) is 3.86. The highest BCUT2D eigenvalue weighted by Gasteiger charge is 2.23.